The summed E-state index contributed by atoms with van der Waals surface area (Å²) in [5.41, 5.74) is 4.55. The predicted octanol–water partition coefficient (Wildman–Crippen LogP) is 3.66. The number of fused-ring (bicyclic) bond motifs is 1. The van der Waals surface area contributed by atoms with Gasteiger partial charge in [0.05, 0.1) is 6.61 Å². The maximum Gasteiger partial charge on any atom is 0.110 e. The lowest BCUT2D eigenvalue weighted by molar-refractivity contribution is 0.0938. The first-order chi connectivity index (χ1) is 8.24. The van der Waals surface area contributed by atoms with E-state index in [1.807, 2.05) is 37.4 Å². The Bertz CT molecular complexity index is 551. The van der Waals surface area contributed by atoms with Crippen molar-refractivity contribution < 1.29 is 4.74 Å². The first kappa shape index (κ1) is 10.8. The van der Waals surface area contributed by atoms with Crippen LogP contribution in [0.4, 0.5) is 0 Å². The maximum atomic E-state index is 5.89. The van der Waals surface area contributed by atoms with Crippen molar-refractivity contribution in [3.63, 3.8) is 0 Å². The summed E-state index contributed by atoms with van der Waals surface area (Å²) in [6.07, 6.45) is 1.91. The molecular weight excluding hydrogens is 234 g/mol. The number of hydrogen-bond donors (Lipinski definition) is 0. The number of benzene rings is 1. The largest absolute Gasteiger partial charge is 0.364 e. The topological polar surface area (TPSA) is 22.1 Å². The van der Waals surface area contributed by atoms with Gasteiger partial charge in [-0.3, -0.25) is 4.98 Å². The van der Waals surface area contributed by atoms with E-state index in [9.17, 15) is 0 Å². The lowest BCUT2D eigenvalue weighted by Gasteiger charge is -2.11. The highest BCUT2D eigenvalue weighted by molar-refractivity contribution is 6.30. The van der Waals surface area contributed by atoms with Crippen molar-refractivity contribution in [2.45, 2.75) is 19.6 Å². The third-order valence-corrected chi connectivity index (χ3v) is 3.27. The highest BCUT2D eigenvalue weighted by Gasteiger charge is 2.25. The van der Waals surface area contributed by atoms with Gasteiger partial charge in [-0.25, -0.2) is 0 Å². The van der Waals surface area contributed by atoms with Crippen LogP contribution in [0.25, 0.3) is 0 Å². The van der Waals surface area contributed by atoms with Gasteiger partial charge in [0.25, 0.3) is 0 Å². The normalized spacial score (nSPS) is 18.1. The van der Waals surface area contributed by atoms with E-state index in [4.69, 9.17) is 16.3 Å². The van der Waals surface area contributed by atoms with Crippen molar-refractivity contribution in [2.24, 2.45) is 0 Å². The Balaban J connectivity index is 2.01. The van der Waals surface area contributed by atoms with Gasteiger partial charge in [-0.15, -0.1) is 0 Å². The summed E-state index contributed by atoms with van der Waals surface area (Å²) in [5.74, 6) is 0. The van der Waals surface area contributed by atoms with Crippen molar-refractivity contribution in [3.05, 3.63) is 63.9 Å². The van der Waals surface area contributed by atoms with Crippen LogP contribution < -0.4 is 0 Å². The van der Waals surface area contributed by atoms with Crippen LogP contribution >= 0.6 is 11.6 Å². The lowest BCUT2D eigenvalue weighted by atomic mass is 10.0. The van der Waals surface area contributed by atoms with Gasteiger partial charge in [-0.05, 0) is 36.2 Å². The third-order valence-electron chi connectivity index (χ3n) is 3.02. The van der Waals surface area contributed by atoms with Crippen molar-refractivity contribution in [1.29, 1.82) is 0 Å². The molecule has 0 fully saturated rings. The molecule has 3 heteroatoms. The molecule has 0 aliphatic carbocycles. The molecule has 0 saturated heterocycles. The molecule has 0 radical (unpaired) electrons. The van der Waals surface area contributed by atoms with Crippen LogP contribution in [-0.2, 0) is 11.3 Å². The number of ether oxygens (including phenoxy) is 1. The van der Waals surface area contributed by atoms with E-state index in [1.54, 1.807) is 0 Å². The summed E-state index contributed by atoms with van der Waals surface area (Å²) in [5, 5.41) is 0.744. The Morgan fingerprint density at radius 1 is 1.29 bits per heavy atom. The number of hydrogen-bond acceptors (Lipinski definition) is 2. The van der Waals surface area contributed by atoms with Gasteiger partial charge in [0.1, 0.15) is 6.10 Å². The summed E-state index contributed by atoms with van der Waals surface area (Å²) >= 11 is 5.89. The molecule has 2 aromatic rings. The van der Waals surface area contributed by atoms with Gasteiger partial charge in [0.15, 0.2) is 0 Å². The minimum atomic E-state index is -0.00429. The summed E-state index contributed by atoms with van der Waals surface area (Å²) in [7, 11) is 0. The van der Waals surface area contributed by atoms with Gasteiger partial charge < -0.3 is 4.74 Å². The van der Waals surface area contributed by atoms with Gasteiger partial charge in [-0.1, -0.05) is 23.7 Å². The molecule has 3 rings (SSSR count). The highest BCUT2D eigenvalue weighted by atomic mass is 35.5. The molecule has 1 aliphatic heterocycles. The molecule has 2 nitrogen and oxygen atoms in total. The SMILES string of the molecule is Cc1cc2c(cn1)[C@@H](c1ccc(Cl)cc1)OC2. The van der Waals surface area contributed by atoms with Crippen LogP contribution in [0, 0.1) is 6.92 Å². The van der Waals surface area contributed by atoms with Crippen molar-refractivity contribution in [2.75, 3.05) is 0 Å². The van der Waals surface area contributed by atoms with E-state index in [-0.39, 0.29) is 6.10 Å². The number of aromatic nitrogens is 1. The molecule has 0 amide bonds. The molecule has 0 N–H and O–H groups in total. The zero-order valence-corrected chi connectivity index (χ0v) is 10.2. The molecule has 86 valence electrons. The zero-order valence-electron chi connectivity index (χ0n) is 9.48. The Kier molecular flexibility index (Phi) is 2.61. The van der Waals surface area contributed by atoms with Gasteiger partial charge in [-0.2, -0.15) is 0 Å². The molecular formula is C14H12ClNO. The number of rotatable bonds is 1. The van der Waals surface area contributed by atoms with Crippen LogP contribution in [0.3, 0.4) is 0 Å². The second-order valence-electron chi connectivity index (χ2n) is 4.27. The fraction of sp³-hybridized carbons (Fsp3) is 0.214. The number of nitrogens with zero attached hydrogens (tertiary/aromatic N) is 1. The standard InChI is InChI=1S/C14H12ClNO/c1-9-6-11-8-17-14(13(11)7-16-9)10-2-4-12(15)5-3-10/h2-7,14H,8H2,1H3/t14-/m1/s1. The van der Waals surface area contributed by atoms with E-state index in [2.05, 4.69) is 11.1 Å². The molecule has 0 saturated carbocycles. The van der Waals surface area contributed by atoms with Crippen molar-refractivity contribution >= 4 is 11.6 Å². The number of aryl methyl sites for hydroxylation is 1. The van der Waals surface area contributed by atoms with Crippen LogP contribution in [0.15, 0.2) is 36.5 Å². The summed E-state index contributed by atoms with van der Waals surface area (Å²) in [4.78, 5) is 4.34. The van der Waals surface area contributed by atoms with E-state index in [0.717, 1.165) is 21.8 Å². The van der Waals surface area contributed by atoms with Crippen LogP contribution in [-0.4, -0.2) is 4.98 Å². The second-order valence-corrected chi connectivity index (χ2v) is 4.70. The average molecular weight is 246 g/mol. The minimum absolute atomic E-state index is 0.00429. The fourth-order valence-electron chi connectivity index (χ4n) is 2.16. The summed E-state index contributed by atoms with van der Waals surface area (Å²) < 4.78 is 5.82. The van der Waals surface area contributed by atoms with E-state index in [0.29, 0.717) is 6.61 Å². The van der Waals surface area contributed by atoms with Crippen molar-refractivity contribution in [3.8, 4) is 0 Å². The Morgan fingerprint density at radius 3 is 2.82 bits per heavy atom. The first-order valence-corrected chi connectivity index (χ1v) is 5.94. The molecule has 2 heterocycles. The molecule has 1 aromatic carbocycles. The highest BCUT2D eigenvalue weighted by Crippen LogP contribution is 2.35. The molecule has 0 bridgehead atoms. The minimum Gasteiger partial charge on any atom is -0.364 e. The van der Waals surface area contributed by atoms with Crippen LogP contribution in [0.1, 0.15) is 28.5 Å². The average Bonchev–Trinajstić information content (AvgIpc) is 2.73. The van der Waals surface area contributed by atoms with Gasteiger partial charge in [0.2, 0.25) is 0 Å². The molecule has 1 aromatic heterocycles. The number of pyridine rings is 1. The molecule has 0 spiro atoms. The molecule has 1 aliphatic rings. The predicted molar refractivity (Wildman–Crippen MR) is 67.1 cm³/mol. The maximum absolute atomic E-state index is 5.89. The molecule has 17 heavy (non-hydrogen) atoms. The van der Waals surface area contributed by atoms with Gasteiger partial charge >= 0.3 is 0 Å². The van der Waals surface area contributed by atoms with Crippen molar-refractivity contribution in [1.82, 2.24) is 4.98 Å². The smallest absolute Gasteiger partial charge is 0.110 e. The lowest BCUT2D eigenvalue weighted by Crippen LogP contribution is -1.98. The second kappa shape index (κ2) is 4.13. The van der Waals surface area contributed by atoms with E-state index < -0.39 is 0 Å². The van der Waals surface area contributed by atoms with E-state index in [1.165, 1.54) is 5.56 Å². The monoisotopic (exact) mass is 245 g/mol. The van der Waals surface area contributed by atoms with E-state index >= 15 is 0 Å². The zero-order chi connectivity index (χ0) is 11.8. The Morgan fingerprint density at radius 2 is 2.06 bits per heavy atom. The van der Waals surface area contributed by atoms with Gasteiger partial charge in [0, 0.05) is 22.5 Å². The Hall–Kier alpha value is -1.38. The Labute approximate surface area is 105 Å². The quantitative estimate of drug-likeness (QED) is 0.765. The third kappa shape index (κ3) is 1.94. The number of halogens is 1. The first-order valence-electron chi connectivity index (χ1n) is 5.56. The van der Waals surface area contributed by atoms with Crippen LogP contribution in [0.5, 0.6) is 0 Å². The summed E-state index contributed by atoms with van der Waals surface area (Å²) in [6.45, 7) is 2.65. The molecule has 1 atom stereocenters. The molecule has 0 unspecified atom stereocenters. The van der Waals surface area contributed by atoms with Crippen LogP contribution in [0.2, 0.25) is 5.02 Å². The summed E-state index contributed by atoms with van der Waals surface area (Å²) in [6, 6.07) is 9.87. The fourth-order valence-corrected chi connectivity index (χ4v) is 2.29.